The number of aryl methyl sites for hydroxylation is 2. The second kappa shape index (κ2) is 7.03. The highest BCUT2D eigenvalue weighted by Gasteiger charge is 2.18. The first-order valence-corrected chi connectivity index (χ1v) is 7.48. The number of hydrogen-bond donors (Lipinski definition) is 1. The van der Waals surface area contributed by atoms with Gasteiger partial charge in [-0.3, -0.25) is 9.88 Å². The van der Waals surface area contributed by atoms with Crippen LogP contribution in [-0.2, 0) is 6.54 Å². The molecule has 0 amide bonds. The second-order valence-corrected chi connectivity index (χ2v) is 5.87. The van der Waals surface area contributed by atoms with Crippen LogP contribution in [-0.4, -0.2) is 23.5 Å². The first kappa shape index (κ1) is 16.0. The zero-order valence-corrected chi connectivity index (χ0v) is 13.6. The molecule has 0 aliphatic heterocycles. The molecular weight excluding hydrogens is 282 g/mol. The molecule has 1 unspecified atom stereocenters. The summed E-state index contributed by atoms with van der Waals surface area (Å²) < 4.78 is 0. The molecule has 0 saturated heterocycles. The van der Waals surface area contributed by atoms with Crippen molar-refractivity contribution < 1.29 is 0 Å². The van der Waals surface area contributed by atoms with Gasteiger partial charge in [0.15, 0.2) is 0 Å². The lowest BCUT2D eigenvalue weighted by atomic mass is 10.00. The van der Waals surface area contributed by atoms with Crippen LogP contribution in [0.5, 0.6) is 0 Å². The Balaban J connectivity index is 2.20. The quantitative estimate of drug-likeness (QED) is 0.919. The molecule has 1 aromatic heterocycles. The lowest BCUT2D eigenvalue weighted by Gasteiger charge is -2.28. The van der Waals surface area contributed by atoms with Crippen molar-refractivity contribution in [2.24, 2.45) is 5.73 Å². The van der Waals surface area contributed by atoms with E-state index in [1.54, 1.807) is 0 Å². The molecule has 3 nitrogen and oxygen atoms in total. The Hall–Kier alpha value is -1.42. The highest BCUT2D eigenvalue weighted by atomic mass is 35.5. The normalized spacial score (nSPS) is 12.7. The molecule has 112 valence electrons. The summed E-state index contributed by atoms with van der Waals surface area (Å²) in [5, 5.41) is 0.759. The molecule has 1 aromatic carbocycles. The summed E-state index contributed by atoms with van der Waals surface area (Å²) in [6, 6.07) is 12.2. The van der Waals surface area contributed by atoms with Crippen LogP contribution >= 0.6 is 11.6 Å². The number of nitrogens with zero attached hydrogens (tertiary/aromatic N) is 2. The number of hydrogen-bond acceptors (Lipinski definition) is 3. The summed E-state index contributed by atoms with van der Waals surface area (Å²) in [7, 11) is 2.08. The van der Waals surface area contributed by atoms with Gasteiger partial charge in [0, 0.05) is 29.8 Å². The lowest BCUT2D eigenvalue weighted by Crippen LogP contribution is -2.31. The standard InChI is InChI=1S/C17H22ClN3/c1-12-9-14(18)7-8-16(12)17(10-19)21(3)11-15-6-4-5-13(2)20-15/h4-9,17H,10-11,19H2,1-3H3. The Morgan fingerprint density at radius 3 is 2.62 bits per heavy atom. The molecule has 0 aliphatic carbocycles. The van der Waals surface area contributed by atoms with E-state index >= 15 is 0 Å². The summed E-state index contributed by atoms with van der Waals surface area (Å²) in [6.45, 7) is 5.41. The summed E-state index contributed by atoms with van der Waals surface area (Å²) in [4.78, 5) is 6.79. The Labute approximate surface area is 131 Å². The maximum Gasteiger partial charge on any atom is 0.0547 e. The van der Waals surface area contributed by atoms with E-state index in [0.29, 0.717) is 6.54 Å². The highest BCUT2D eigenvalue weighted by molar-refractivity contribution is 6.30. The third-order valence-electron chi connectivity index (χ3n) is 3.70. The van der Waals surface area contributed by atoms with Gasteiger partial charge in [-0.1, -0.05) is 23.7 Å². The molecule has 2 rings (SSSR count). The van der Waals surface area contributed by atoms with Gasteiger partial charge in [0.1, 0.15) is 0 Å². The number of nitrogens with two attached hydrogens (primary N) is 1. The Kier molecular flexibility index (Phi) is 5.34. The van der Waals surface area contributed by atoms with Gasteiger partial charge in [0.05, 0.1) is 5.69 Å². The average Bonchev–Trinajstić information content (AvgIpc) is 2.42. The minimum atomic E-state index is 0.157. The maximum atomic E-state index is 6.04. The van der Waals surface area contributed by atoms with E-state index in [9.17, 15) is 0 Å². The molecule has 1 heterocycles. The Morgan fingerprint density at radius 2 is 2.00 bits per heavy atom. The molecule has 4 heteroatoms. The monoisotopic (exact) mass is 303 g/mol. The Morgan fingerprint density at radius 1 is 1.24 bits per heavy atom. The number of pyridine rings is 1. The number of benzene rings is 1. The number of aromatic nitrogens is 1. The summed E-state index contributed by atoms with van der Waals surface area (Å²) in [5.41, 5.74) is 10.5. The topological polar surface area (TPSA) is 42.1 Å². The molecule has 1 atom stereocenters. The van der Waals surface area contributed by atoms with Gasteiger partial charge in [0.2, 0.25) is 0 Å². The van der Waals surface area contributed by atoms with Crippen LogP contribution in [0.2, 0.25) is 5.02 Å². The van der Waals surface area contributed by atoms with Gasteiger partial charge >= 0.3 is 0 Å². The lowest BCUT2D eigenvalue weighted by molar-refractivity contribution is 0.238. The number of halogens is 1. The molecule has 0 spiro atoms. The van der Waals surface area contributed by atoms with Crippen molar-refractivity contribution in [3.8, 4) is 0 Å². The largest absolute Gasteiger partial charge is 0.329 e. The van der Waals surface area contributed by atoms with E-state index in [-0.39, 0.29) is 6.04 Å². The van der Waals surface area contributed by atoms with E-state index in [1.807, 2.05) is 37.3 Å². The predicted molar refractivity (Wildman–Crippen MR) is 88.4 cm³/mol. The van der Waals surface area contributed by atoms with Crippen molar-refractivity contribution in [3.63, 3.8) is 0 Å². The fourth-order valence-corrected chi connectivity index (χ4v) is 2.84. The molecule has 0 fully saturated rings. The van der Waals surface area contributed by atoms with E-state index < -0.39 is 0 Å². The minimum Gasteiger partial charge on any atom is -0.329 e. The smallest absolute Gasteiger partial charge is 0.0547 e. The third-order valence-corrected chi connectivity index (χ3v) is 3.94. The van der Waals surface area contributed by atoms with Crippen LogP contribution in [0.4, 0.5) is 0 Å². The molecule has 0 radical (unpaired) electrons. The van der Waals surface area contributed by atoms with Gasteiger partial charge in [-0.2, -0.15) is 0 Å². The van der Waals surface area contributed by atoms with Gasteiger partial charge in [-0.05, 0) is 56.3 Å². The molecule has 21 heavy (non-hydrogen) atoms. The van der Waals surface area contributed by atoms with Crippen LogP contribution in [0.1, 0.15) is 28.6 Å². The van der Waals surface area contributed by atoms with Crippen molar-refractivity contribution in [2.75, 3.05) is 13.6 Å². The molecule has 2 aromatic rings. The Bertz CT molecular complexity index is 613. The van der Waals surface area contributed by atoms with E-state index in [2.05, 4.69) is 29.9 Å². The highest BCUT2D eigenvalue weighted by Crippen LogP contribution is 2.25. The molecule has 0 bridgehead atoms. The number of likely N-dealkylation sites (N-methyl/N-ethyl adjacent to an activating group) is 1. The van der Waals surface area contributed by atoms with Crippen molar-refractivity contribution >= 4 is 11.6 Å². The third kappa shape index (κ3) is 4.03. The molecule has 0 aliphatic rings. The molecule has 0 saturated carbocycles. The first-order chi connectivity index (χ1) is 10.0. The zero-order valence-electron chi connectivity index (χ0n) is 12.8. The summed E-state index contributed by atoms with van der Waals surface area (Å²) in [6.07, 6.45) is 0. The van der Waals surface area contributed by atoms with Crippen LogP contribution in [0.25, 0.3) is 0 Å². The van der Waals surface area contributed by atoms with E-state index in [0.717, 1.165) is 23.0 Å². The van der Waals surface area contributed by atoms with Crippen molar-refractivity contribution in [1.29, 1.82) is 0 Å². The van der Waals surface area contributed by atoms with E-state index in [4.69, 9.17) is 17.3 Å². The number of rotatable bonds is 5. The van der Waals surface area contributed by atoms with Gasteiger partial charge in [-0.25, -0.2) is 0 Å². The molecular formula is C17H22ClN3. The zero-order chi connectivity index (χ0) is 15.4. The maximum absolute atomic E-state index is 6.04. The minimum absolute atomic E-state index is 0.157. The summed E-state index contributed by atoms with van der Waals surface area (Å²) >= 11 is 6.04. The van der Waals surface area contributed by atoms with Crippen molar-refractivity contribution in [2.45, 2.75) is 26.4 Å². The SMILES string of the molecule is Cc1cccc(CN(C)C(CN)c2ccc(Cl)cc2C)n1. The summed E-state index contributed by atoms with van der Waals surface area (Å²) in [5.74, 6) is 0. The van der Waals surface area contributed by atoms with Crippen LogP contribution in [0, 0.1) is 13.8 Å². The van der Waals surface area contributed by atoms with Gasteiger partial charge in [-0.15, -0.1) is 0 Å². The fourth-order valence-electron chi connectivity index (χ4n) is 2.61. The van der Waals surface area contributed by atoms with Crippen LogP contribution < -0.4 is 5.73 Å². The van der Waals surface area contributed by atoms with Crippen molar-refractivity contribution in [1.82, 2.24) is 9.88 Å². The molecule has 2 N–H and O–H groups in total. The van der Waals surface area contributed by atoms with Gasteiger partial charge in [0.25, 0.3) is 0 Å². The fraction of sp³-hybridized carbons (Fsp3) is 0.353. The van der Waals surface area contributed by atoms with Crippen LogP contribution in [0.3, 0.4) is 0 Å². The second-order valence-electron chi connectivity index (χ2n) is 5.44. The first-order valence-electron chi connectivity index (χ1n) is 7.10. The van der Waals surface area contributed by atoms with Crippen molar-refractivity contribution in [3.05, 3.63) is 63.9 Å². The average molecular weight is 304 g/mol. The van der Waals surface area contributed by atoms with Gasteiger partial charge < -0.3 is 5.73 Å². The van der Waals surface area contributed by atoms with Crippen LogP contribution in [0.15, 0.2) is 36.4 Å². The van der Waals surface area contributed by atoms with E-state index in [1.165, 1.54) is 11.1 Å². The predicted octanol–water partition coefficient (Wildman–Crippen LogP) is 3.48.